The highest BCUT2D eigenvalue weighted by atomic mass is 16.5. The number of carboxylic acids is 1. The third-order valence-electron chi connectivity index (χ3n) is 3.63. The summed E-state index contributed by atoms with van der Waals surface area (Å²) in [5.74, 6) is 0.245. The van der Waals surface area contributed by atoms with Crippen LogP contribution in [0.5, 0.6) is 5.75 Å². The van der Waals surface area contributed by atoms with E-state index in [4.69, 9.17) is 9.84 Å². The van der Waals surface area contributed by atoms with Crippen LogP contribution < -0.4 is 10.1 Å². The van der Waals surface area contributed by atoms with Crippen LogP contribution in [0.15, 0.2) is 30.3 Å². The third kappa shape index (κ3) is 3.29. The van der Waals surface area contributed by atoms with Crippen molar-refractivity contribution >= 4 is 22.8 Å². The lowest BCUT2D eigenvalue weighted by Crippen LogP contribution is -2.11. The molecule has 0 atom stereocenters. The van der Waals surface area contributed by atoms with Gasteiger partial charge in [0.05, 0.1) is 5.39 Å². The fourth-order valence-corrected chi connectivity index (χ4v) is 2.62. The van der Waals surface area contributed by atoms with Crippen LogP contribution in [0.3, 0.4) is 0 Å². The van der Waals surface area contributed by atoms with Gasteiger partial charge in [0.1, 0.15) is 5.75 Å². The SMILES string of the molecule is Cc1cc(C)c2c(NCc3ccccc3OCC(=O)O)n[nH]c2n1. The van der Waals surface area contributed by atoms with E-state index >= 15 is 0 Å². The molecule has 0 bridgehead atoms. The second-order valence-electron chi connectivity index (χ2n) is 5.52. The summed E-state index contributed by atoms with van der Waals surface area (Å²) < 4.78 is 5.32. The molecule has 0 fully saturated rings. The van der Waals surface area contributed by atoms with Crippen LogP contribution in [0.25, 0.3) is 11.0 Å². The fraction of sp³-hybridized carbons (Fsp3) is 0.235. The number of carbonyl (C=O) groups is 1. The molecule has 0 aliphatic heterocycles. The van der Waals surface area contributed by atoms with Gasteiger partial charge in [0.25, 0.3) is 0 Å². The van der Waals surface area contributed by atoms with Crippen molar-refractivity contribution in [1.82, 2.24) is 15.2 Å². The maximum absolute atomic E-state index is 10.7. The highest BCUT2D eigenvalue weighted by Gasteiger charge is 2.11. The minimum atomic E-state index is -1.01. The third-order valence-corrected chi connectivity index (χ3v) is 3.63. The first-order chi connectivity index (χ1) is 11.5. The van der Waals surface area contributed by atoms with Crippen LogP contribution in [0.1, 0.15) is 16.8 Å². The van der Waals surface area contributed by atoms with Crippen LogP contribution in [0.4, 0.5) is 5.82 Å². The molecule has 3 N–H and O–H groups in total. The van der Waals surface area contributed by atoms with E-state index in [0.29, 0.717) is 18.1 Å². The molecule has 0 radical (unpaired) electrons. The number of aryl methyl sites for hydroxylation is 2. The predicted molar refractivity (Wildman–Crippen MR) is 90.3 cm³/mol. The van der Waals surface area contributed by atoms with E-state index in [-0.39, 0.29) is 6.61 Å². The number of fused-ring (bicyclic) bond motifs is 1. The van der Waals surface area contributed by atoms with Gasteiger partial charge in [0.2, 0.25) is 0 Å². The maximum Gasteiger partial charge on any atom is 0.341 e. The van der Waals surface area contributed by atoms with E-state index in [9.17, 15) is 4.79 Å². The number of aromatic nitrogens is 3. The number of hydrogen-bond acceptors (Lipinski definition) is 5. The first-order valence-electron chi connectivity index (χ1n) is 7.53. The monoisotopic (exact) mass is 326 g/mol. The Morgan fingerprint density at radius 3 is 2.92 bits per heavy atom. The van der Waals surface area contributed by atoms with Crippen molar-refractivity contribution in [3.8, 4) is 5.75 Å². The number of aliphatic carboxylic acids is 1. The van der Waals surface area contributed by atoms with Gasteiger partial charge < -0.3 is 15.2 Å². The van der Waals surface area contributed by atoms with Crippen molar-refractivity contribution in [2.45, 2.75) is 20.4 Å². The summed E-state index contributed by atoms with van der Waals surface area (Å²) in [4.78, 5) is 15.1. The number of carboxylic acid groups (broad SMARTS) is 1. The van der Waals surface area contributed by atoms with Crippen LogP contribution in [-0.4, -0.2) is 32.9 Å². The molecule has 0 unspecified atom stereocenters. The Kier molecular flexibility index (Phi) is 4.33. The predicted octanol–water partition coefficient (Wildman–Crippen LogP) is 2.65. The zero-order chi connectivity index (χ0) is 17.1. The molecule has 0 saturated heterocycles. The Morgan fingerprint density at radius 2 is 2.12 bits per heavy atom. The number of nitrogens with one attached hydrogen (secondary N) is 2. The van der Waals surface area contributed by atoms with Crippen molar-refractivity contribution in [3.63, 3.8) is 0 Å². The summed E-state index contributed by atoms with van der Waals surface area (Å²) >= 11 is 0. The molecule has 2 aromatic heterocycles. The van der Waals surface area contributed by atoms with Crippen molar-refractivity contribution in [2.24, 2.45) is 0 Å². The van der Waals surface area contributed by atoms with Crippen molar-refractivity contribution in [1.29, 1.82) is 0 Å². The number of pyridine rings is 1. The Hall–Kier alpha value is -3.09. The van der Waals surface area contributed by atoms with E-state index in [1.54, 1.807) is 6.07 Å². The lowest BCUT2D eigenvalue weighted by atomic mass is 10.1. The van der Waals surface area contributed by atoms with Gasteiger partial charge in [-0.2, -0.15) is 5.10 Å². The van der Waals surface area contributed by atoms with Gasteiger partial charge in [-0.25, -0.2) is 9.78 Å². The van der Waals surface area contributed by atoms with Crippen LogP contribution in [0.2, 0.25) is 0 Å². The highest BCUT2D eigenvalue weighted by Crippen LogP contribution is 2.25. The Balaban J connectivity index is 1.80. The number of nitrogens with zero attached hydrogens (tertiary/aromatic N) is 2. The molecule has 0 saturated carbocycles. The minimum Gasteiger partial charge on any atom is -0.482 e. The molecule has 0 amide bonds. The van der Waals surface area contributed by atoms with Gasteiger partial charge in [-0.05, 0) is 31.5 Å². The van der Waals surface area contributed by atoms with E-state index < -0.39 is 5.97 Å². The summed E-state index contributed by atoms with van der Waals surface area (Å²) in [5.41, 5.74) is 3.62. The summed E-state index contributed by atoms with van der Waals surface area (Å²) in [5, 5.41) is 20.2. The Bertz CT molecular complexity index is 889. The van der Waals surface area contributed by atoms with Crippen molar-refractivity contribution in [3.05, 3.63) is 47.2 Å². The molecule has 7 heteroatoms. The molecule has 3 aromatic rings. The standard InChI is InChI=1S/C17H18N4O3/c1-10-7-11(2)19-17-15(10)16(20-21-17)18-8-12-5-3-4-6-13(12)24-9-14(22)23/h3-7H,8-9H2,1-2H3,(H,22,23)(H2,18,19,20,21). The average molecular weight is 326 g/mol. The minimum absolute atomic E-state index is 0.370. The summed E-state index contributed by atoms with van der Waals surface area (Å²) in [6, 6.07) is 9.32. The number of anilines is 1. The molecule has 24 heavy (non-hydrogen) atoms. The molecule has 2 heterocycles. The molecule has 7 nitrogen and oxygen atoms in total. The Labute approximate surface area is 138 Å². The quantitative estimate of drug-likeness (QED) is 0.644. The molecule has 0 aliphatic rings. The first-order valence-corrected chi connectivity index (χ1v) is 7.53. The summed E-state index contributed by atoms with van der Waals surface area (Å²) in [6.07, 6.45) is 0. The Morgan fingerprint density at radius 1 is 1.33 bits per heavy atom. The second kappa shape index (κ2) is 6.57. The zero-order valence-electron chi connectivity index (χ0n) is 13.5. The number of rotatable bonds is 6. The number of H-pyrrole nitrogens is 1. The van der Waals surface area contributed by atoms with Gasteiger partial charge in [-0.3, -0.25) is 5.10 Å². The summed E-state index contributed by atoms with van der Waals surface area (Å²) in [6.45, 7) is 4.05. The smallest absolute Gasteiger partial charge is 0.341 e. The van der Waals surface area contributed by atoms with E-state index in [2.05, 4.69) is 20.5 Å². The normalized spacial score (nSPS) is 10.8. The van der Waals surface area contributed by atoms with Gasteiger partial charge in [0.15, 0.2) is 18.1 Å². The fourth-order valence-electron chi connectivity index (χ4n) is 2.62. The number of hydrogen-bond donors (Lipinski definition) is 3. The van der Waals surface area contributed by atoms with Gasteiger partial charge >= 0.3 is 5.97 Å². The first kappa shape index (κ1) is 15.8. The average Bonchev–Trinajstić information content (AvgIpc) is 2.94. The number of aromatic amines is 1. The van der Waals surface area contributed by atoms with E-state index in [1.165, 1.54) is 0 Å². The molecular formula is C17H18N4O3. The van der Waals surface area contributed by atoms with Gasteiger partial charge in [0, 0.05) is 17.8 Å². The molecule has 0 aliphatic carbocycles. The van der Waals surface area contributed by atoms with Crippen molar-refractivity contribution in [2.75, 3.05) is 11.9 Å². The second-order valence-corrected chi connectivity index (χ2v) is 5.52. The molecular weight excluding hydrogens is 308 g/mol. The van der Waals surface area contributed by atoms with Crippen molar-refractivity contribution < 1.29 is 14.6 Å². The molecule has 0 spiro atoms. The number of para-hydroxylation sites is 1. The van der Waals surface area contributed by atoms with Crippen LogP contribution >= 0.6 is 0 Å². The summed E-state index contributed by atoms with van der Waals surface area (Å²) in [7, 11) is 0. The lowest BCUT2D eigenvalue weighted by Gasteiger charge is -2.11. The lowest BCUT2D eigenvalue weighted by molar-refractivity contribution is -0.139. The largest absolute Gasteiger partial charge is 0.482 e. The maximum atomic E-state index is 10.7. The van der Waals surface area contributed by atoms with Gasteiger partial charge in [-0.15, -0.1) is 0 Å². The van der Waals surface area contributed by atoms with Gasteiger partial charge in [-0.1, -0.05) is 18.2 Å². The van der Waals surface area contributed by atoms with E-state index in [0.717, 1.165) is 27.9 Å². The van der Waals surface area contributed by atoms with Crippen LogP contribution in [0, 0.1) is 13.8 Å². The molecule has 124 valence electrons. The topological polar surface area (TPSA) is 100 Å². The molecule has 3 rings (SSSR count). The zero-order valence-corrected chi connectivity index (χ0v) is 13.5. The number of benzene rings is 1. The number of ether oxygens (including phenoxy) is 1. The van der Waals surface area contributed by atoms with Crippen LogP contribution in [-0.2, 0) is 11.3 Å². The van der Waals surface area contributed by atoms with E-state index in [1.807, 2.05) is 38.1 Å². The molecule has 1 aromatic carbocycles. The highest BCUT2D eigenvalue weighted by molar-refractivity contribution is 5.90.